The number of hydrogen-bond donors (Lipinski definition) is 1. The first-order valence-corrected chi connectivity index (χ1v) is 10.8. The van der Waals surface area contributed by atoms with Crippen LogP contribution in [0.1, 0.15) is 40.0 Å². The van der Waals surface area contributed by atoms with Crippen LogP contribution < -0.4 is 9.64 Å². The predicted molar refractivity (Wildman–Crippen MR) is 114 cm³/mol. The van der Waals surface area contributed by atoms with Crippen LogP contribution in [0, 0.1) is 11.3 Å². The van der Waals surface area contributed by atoms with Gasteiger partial charge in [0.25, 0.3) is 0 Å². The van der Waals surface area contributed by atoms with Crippen molar-refractivity contribution in [1.29, 1.82) is 0 Å². The van der Waals surface area contributed by atoms with Gasteiger partial charge in [-0.15, -0.1) is 0 Å². The average Bonchev–Trinajstić information content (AvgIpc) is 2.65. The minimum absolute atomic E-state index is 0.288. The van der Waals surface area contributed by atoms with Gasteiger partial charge in [0.1, 0.15) is 5.75 Å². The van der Waals surface area contributed by atoms with E-state index in [4.69, 9.17) is 9.47 Å². The second-order valence-corrected chi connectivity index (χ2v) is 9.48. The number of hydrogen-bond acceptors (Lipinski definition) is 5. The topological polar surface area (TPSA) is 45.2 Å². The fraction of sp³-hybridized carbons (Fsp3) is 0.739. The van der Waals surface area contributed by atoms with Crippen LogP contribution in [0.2, 0.25) is 0 Å². The molecule has 2 fully saturated rings. The van der Waals surface area contributed by atoms with E-state index in [2.05, 4.69) is 42.7 Å². The molecule has 1 heterocycles. The van der Waals surface area contributed by atoms with Gasteiger partial charge in [-0.25, -0.2) is 0 Å². The smallest absolute Gasteiger partial charge is 0.142 e. The maximum atomic E-state index is 10.5. The summed E-state index contributed by atoms with van der Waals surface area (Å²) in [5.41, 5.74) is 1.50. The van der Waals surface area contributed by atoms with Crippen LogP contribution in [0.3, 0.4) is 0 Å². The molecule has 3 atom stereocenters. The van der Waals surface area contributed by atoms with Gasteiger partial charge in [0, 0.05) is 32.7 Å². The van der Waals surface area contributed by atoms with Crippen molar-refractivity contribution in [3.05, 3.63) is 24.3 Å². The zero-order chi connectivity index (χ0) is 20.1. The summed E-state index contributed by atoms with van der Waals surface area (Å²) in [5, 5.41) is 10.5. The van der Waals surface area contributed by atoms with Gasteiger partial charge in [-0.1, -0.05) is 32.9 Å². The Bertz CT molecular complexity index is 614. The Morgan fingerprint density at radius 2 is 1.86 bits per heavy atom. The van der Waals surface area contributed by atoms with E-state index in [0.29, 0.717) is 24.5 Å². The molecule has 1 N–H and O–H groups in total. The molecule has 28 heavy (non-hydrogen) atoms. The average molecular weight is 391 g/mol. The van der Waals surface area contributed by atoms with Crippen LogP contribution in [0.15, 0.2) is 24.3 Å². The first-order chi connectivity index (χ1) is 13.4. The zero-order valence-electron chi connectivity index (χ0n) is 18.1. The molecule has 1 aromatic rings. The molecule has 0 unspecified atom stereocenters. The minimum atomic E-state index is -0.418. The molecule has 0 radical (unpaired) electrons. The highest BCUT2D eigenvalue weighted by Gasteiger charge is 2.33. The molecule has 1 aromatic carbocycles. The molecule has 0 amide bonds. The number of para-hydroxylation sites is 2. The van der Waals surface area contributed by atoms with Crippen molar-refractivity contribution >= 4 is 5.69 Å². The molecular weight excluding hydrogens is 352 g/mol. The Kier molecular flexibility index (Phi) is 7.24. The third-order valence-electron chi connectivity index (χ3n) is 6.14. The van der Waals surface area contributed by atoms with E-state index in [-0.39, 0.29) is 6.10 Å². The number of benzene rings is 1. The normalized spacial score (nSPS) is 26.8. The molecule has 1 aliphatic heterocycles. The minimum Gasteiger partial charge on any atom is -0.495 e. The Morgan fingerprint density at radius 3 is 2.54 bits per heavy atom. The molecule has 158 valence electrons. The number of β-amino-alcohol motifs (C(OH)–C–C–N with tert-alkyl or cyclic N) is 1. The maximum absolute atomic E-state index is 10.5. The summed E-state index contributed by atoms with van der Waals surface area (Å²) in [6, 6.07) is 8.18. The van der Waals surface area contributed by atoms with Gasteiger partial charge in [-0.3, -0.25) is 4.90 Å². The van der Waals surface area contributed by atoms with E-state index in [1.165, 1.54) is 6.42 Å². The van der Waals surface area contributed by atoms with E-state index in [9.17, 15) is 5.11 Å². The maximum Gasteiger partial charge on any atom is 0.142 e. The van der Waals surface area contributed by atoms with Crippen LogP contribution in [0.25, 0.3) is 0 Å². The van der Waals surface area contributed by atoms with Gasteiger partial charge in [0.05, 0.1) is 31.6 Å². The summed E-state index contributed by atoms with van der Waals surface area (Å²) in [4.78, 5) is 4.71. The Hall–Kier alpha value is -1.30. The molecule has 5 heteroatoms. The number of anilines is 1. The Balaban J connectivity index is 1.41. The van der Waals surface area contributed by atoms with Crippen molar-refractivity contribution in [2.24, 2.45) is 11.3 Å². The summed E-state index contributed by atoms with van der Waals surface area (Å²) in [6.07, 6.45) is 3.36. The molecular formula is C23H38N2O3. The third kappa shape index (κ3) is 5.85. The monoisotopic (exact) mass is 390 g/mol. The van der Waals surface area contributed by atoms with Crippen molar-refractivity contribution in [3.8, 4) is 5.75 Å². The number of ether oxygens (including phenoxy) is 2. The van der Waals surface area contributed by atoms with Gasteiger partial charge in [0.2, 0.25) is 0 Å². The molecule has 3 rings (SSSR count). The number of methoxy groups -OCH3 is 1. The highest BCUT2D eigenvalue weighted by molar-refractivity contribution is 5.58. The fourth-order valence-corrected chi connectivity index (χ4v) is 5.05. The molecule has 0 bridgehead atoms. The first-order valence-electron chi connectivity index (χ1n) is 10.8. The van der Waals surface area contributed by atoms with Crippen molar-refractivity contribution in [2.75, 3.05) is 51.3 Å². The predicted octanol–water partition coefficient (Wildman–Crippen LogP) is 3.41. The zero-order valence-corrected chi connectivity index (χ0v) is 18.1. The summed E-state index contributed by atoms with van der Waals surface area (Å²) in [6.45, 7) is 11.9. The first kappa shape index (κ1) is 21.4. The lowest BCUT2D eigenvalue weighted by molar-refractivity contribution is -0.0615. The quantitative estimate of drug-likeness (QED) is 0.773. The van der Waals surface area contributed by atoms with E-state index >= 15 is 0 Å². The summed E-state index contributed by atoms with van der Waals surface area (Å²) in [7, 11) is 1.72. The number of piperazine rings is 1. The standard InChI is InChI=1S/C23H38N2O3/c1-18-13-20(15-23(2,3)14-18)28-17-19(26)16-24-9-11-25(12-10-24)21-7-5-6-8-22(21)27-4/h5-8,18-20,26H,9-17H2,1-4H3/t18-,19+,20+/m1/s1. The number of rotatable bonds is 7. The highest BCUT2D eigenvalue weighted by Crippen LogP contribution is 2.39. The molecule has 1 saturated heterocycles. The lowest BCUT2D eigenvalue weighted by atomic mass is 9.71. The van der Waals surface area contributed by atoms with Gasteiger partial charge in [0.15, 0.2) is 0 Å². The van der Waals surface area contributed by atoms with Gasteiger partial charge in [-0.05, 0) is 42.7 Å². The summed E-state index contributed by atoms with van der Waals surface area (Å²) < 4.78 is 11.6. The van der Waals surface area contributed by atoms with Crippen molar-refractivity contribution in [1.82, 2.24) is 4.90 Å². The lowest BCUT2D eigenvalue weighted by Gasteiger charge is -2.39. The molecule has 0 aromatic heterocycles. The van der Waals surface area contributed by atoms with Crippen LogP contribution in [0.5, 0.6) is 5.75 Å². The number of aliphatic hydroxyl groups is 1. The largest absolute Gasteiger partial charge is 0.495 e. The van der Waals surface area contributed by atoms with Crippen molar-refractivity contribution < 1.29 is 14.6 Å². The Morgan fingerprint density at radius 1 is 1.14 bits per heavy atom. The third-order valence-corrected chi connectivity index (χ3v) is 6.14. The second kappa shape index (κ2) is 9.47. The van der Waals surface area contributed by atoms with Crippen molar-refractivity contribution in [3.63, 3.8) is 0 Å². The van der Waals surface area contributed by atoms with Crippen LogP contribution in [0.4, 0.5) is 5.69 Å². The van der Waals surface area contributed by atoms with E-state index in [0.717, 1.165) is 50.5 Å². The van der Waals surface area contributed by atoms with E-state index < -0.39 is 6.10 Å². The number of aliphatic hydroxyl groups excluding tert-OH is 1. The molecule has 1 saturated carbocycles. The fourth-order valence-electron chi connectivity index (χ4n) is 5.05. The van der Waals surface area contributed by atoms with Crippen LogP contribution in [-0.2, 0) is 4.74 Å². The van der Waals surface area contributed by atoms with Crippen LogP contribution in [-0.4, -0.2) is 68.7 Å². The van der Waals surface area contributed by atoms with Gasteiger partial charge in [-0.2, -0.15) is 0 Å². The molecule has 2 aliphatic rings. The van der Waals surface area contributed by atoms with Crippen LogP contribution >= 0.6 is 0 Å². The summed E-state index contributed by atoms with van der Waals surface area (Å²) in [5.74, 6) is 1.63. The summed E-state index contributed by atoms with van der Waals surface area (Å²) >= 11 is 0. The van der Waals surface area contributed by atoms with E-state index in [1.54, 1.807) is 7.11 Å². The Labute approximate surface area is 170 Å². The second-order valence-electron chi connectivity index (χ2n) is 9.48. The van der Waals surface area contributed by atoms with Gasteiger partial charge >= 0.3 is 0 Å². The molecule has 5 nitrogen and oxygen atoms in total. The lowest BCUT2D eigenvalue weighted by Crippen LogP contribution is -2.49. The SMILES string of the molecule is COc1ccccc1N1CCN(C[C@H](O)CO[C@H]2C[C@@H](C)CC(C)(C)C2)CC1. The number of nitrogens with zero attached hydrogens (tertiary/aromatic N) is 2. The van der Waals surface area contributed by atoms with Crippen molar-refractivity contribution in [2.45, 2.75) is 52.2 Å². The molecule has 0 spiro atoms. The highest BCUT2D eigenvalue weighted by atomic mass is 16.5. The van der Waals surface area contributed by atoms with Gasteiger partial charge < -0.3 is 19.5 Å². The van der Waals surface area contributed by atoms with E-state index in [1.807, 2.05) is 12.1 Å². The molecule has 1 aliphatic carbocycles.